The average Bonchev–Trinajstić information content (AvgIpc) is 2.69. The maximum absolute atomic E-state index is 13.3. The van der Waals surface area contributed by atoms with Gasteiger partial charge in [-0.2, -0.15) is 0 Å². The van der Waals surface area contributed by atoms with Gasteiger partial charge in [0.25, 0.3) is 15.9 Å². The van der Waals surface area contributed by atoms with Gasteiger partial charge in [-0.1, -0.05) is 36.4 Å². The summed E-state index contributed by atoms with van der Waals surface area (Å²) >= 11 is 0. The third kappa shape index (κ3) is 4.72. The van der Waals surface area contributed by atoms with Crippen molar-refractivity contribution < 1.29 is 22.0 Å². The van der Waals surface area contributed by atoms with Crippen molar-refractivity contribution in [3.8, 4) is 0 Å². The third-order valence-corrected chi connectivity index (χ3v) is 5.25. The van der Waals surface area contributed by atoms with Gasteiger partial charge < -0.3 is 5.32 Å². The molecule has 0 aromatic heterocycles. The molecule has 3 aromatic rings. The molecule has 0 aliphatic carbocycles. The molecule has 2 N–H and O–H groups in total. The molecule has 0 spiro atoms. The van der Waals surface area contributed by atoms with Gasteiger partial charge in [0.15, 0.2) is 11.6 Å². The molecular weight excluding hydrogens is 386 g/mol. The summed E-state index contributed by atoms with van der Waals surface area (Å²) < 4.78 is 53.3. The first kappa shape index (κ1) is 19.5. The van der Waals surface area contributed by atoms with Crippen LogP contribution in [0.25, 0.3) is 0 Å². The van der Waals surface area contributed by atoms with E-state index >= 15 is 0 Å². The quantitative estimate of drug-likeness (QED) is 0.660. The van der Waals surface area contributed by atoms with E-state index in [1.54, 1.807) is 0 Å². The minimum atomic E-state index is -4.14. The lowest BCUT2D eigenvalue weighted by atomic mass is 10.2. The number of carbonyl (C=O) groups excluding carboxylic acids is 1. The van der Waals surface area contributed by atoms with Crippen molar-refractivity contribution in [3.05, 3.63) is 95.6 Å². The first-order valence-electron chi connectivity index (χ1n) is 8.25. The third-order valence-electron chi connectivity index (χ3n) is 3.87. The van der Waals surface area contributed by atoms with Gasteiger partial charge in [0.2, 0.25) is 0 Å². The van der Waals surface area contributed by atoms with E-state index in [4.69, 9.17) is 0 Å². The van der Waals surface area contributed by atoms with Crippen molar-refractivity contribution in [2.75, 3.05) is 4.72 Å². The summed E-state index contributed by atoms with van der Waals surface area (Å²) in [6.07, 6.45) is 0. The van der Waals surface area contributed by atoms with E-state index in [9.17, 15) is 22.0 Å². The van der Waals surface area contributed by atoms with Crippen LogP contribution >= 0.6 is 0 Å². The highest BCUT2D eigenvalue weighted by Gasteiger charge is 2.17. The molecule has 28 heavy (non-hydrogen) atoms. The van der Waals surface area contributed by atoms with Crippen molar-refractivity contribution in [3.63, 3.8) is 0 Å². The second kappa shape index (κ2) is 8.18. The van der Waals surface area contributed by atoms with Gasteiger partial charge in [0, 0.05) is 17.8 Å². The average molecular weight is 402 g/mol. The summed E-state index contributed by atoms with van der Waals surface area (Å²) in [6.45, 7) is 0.324. The lowest BCUT2D eigenvalue weighted by molar-refractivity contribution is 0.0951. The molecule has 8 heteroatoms. The summed E-state index contributed by atoms with van der Waals surface area (Å²) in [5.41, 5.74) is 1.30. The van der Waals surface area contributed by atoms with Crippen LogP contribution in [-0.2, 0) is 16.6 Å². The Morgan fingerprint density at radius 2 is 1.61 bits per heavy atom. The van der Waals surface area contributed by atoms with E-state index in [1.807, 2.05) is 30.3 Å². The van der Waals surface area contributed by atoms with Crippen LogP contribution in [0.2, 0.25) is 0 Å². The Morgan fingerprint density at radius 3 is 2.32 bits per heavy atom. The number of benzene rings is 3. The number of carbonyl (C=O) groups is 1. The lowest BCUT2D eigenvalue weighted by Gasteiger charge is -2.10. The van der Waals surface area contributed by atoms with Crippen molar-refractivity contribution in [1.29, 1.82) is 0 Å². The van der Waals surface area contributed by atoms with Gasteiger partial charge in [0.05, 0.1) is 4.90 Å². The first-order valence-corrected chi connectivity index (χ1v) is 9.73. The zero-order valence-corrected chi connectivity index (χ0v) is 15.3. The minimum Gasteiger partial charge on any atom is -0.348 e. The first-order chi connectivity index (χ1) is 13.3. The molecule has 0 aliphatic rings. The van der Waals surface area contributed by atoms with Crippen molar-refractivity contribution >= 4 is 21.6 Å². The zero-order chi connectivity index (χ0) is 20.1. The number of hydrogen-bond donors (Lipinski definition) is 2. The molecular formula is C20H16F2N2O3S. The molecule has 0 saturated carbocycles. The zero-order valence-electron chi connectivity index (χ0n) is 14.5. The maximum atomic E-state index is 13.3. The van der Waals surface area contributed by atoms with Crippen LogP contribution in [0.4, 0.5) is 14.5 Å². The number of amides is 1. The molecule has 1 amide bonds. The second-order valence-corrected chi connectivity index (χ2v) is 7.61. The van der Waals surface area contributed by atoms with Gasteiger partial charge in [-0.15, -0.1) is 0 Å². The Balaban J connectivity index is 1.73. The van der Waals surface area contributed by atoms with E-state index in [0.29, 0.717) is 12.6 Å². The molecule has 0 saturated heterocycles. The number of sulfonamides is 1. The fourth-order valence-corrected chi connectivity index (χ4v) is 3.52. The van der Waals surface area contributed by atoms with Gasteiger partial charge in [0.1, 0.15) is 0 Å². The summed E-state index contributed by atoms with van der Waals surface area (Å²) in [5, 5.41) is 2.74. The monoisotopic (exact) mass is 402 g/mol. The predicted molar refractivity (Wildman–Crippen MR) is 101 cm³/mol. The molecule has 0 unspecified atom stereocenters. The topological polar surface area (TPSA) is 75.3 Å². The van der Waals surface area contributed by atoms with Crippen molar-refractivity contribution in [2.24, 2.45) is 0 Å². The lowest BCUT2D eigenvalue weighted by Crippen LogP contribution is -2.23. The highest BCUT2D eigenvalue weighted by molar-refractivity contribution is 7.92. The molecule has 0 radical (unpaired) electrons. The van der Waals surface area contributed by atoms with E-state index in [2.05, 4.69) is 10.0 Å². The number of nitrogens with one attached hydrogen (secondary N) is 2. The van der Waals surface area contributed by atoms with E-state index in [0.717, 1.165) is 17.7 Å². The molecule has 0 bridgehead atoms. The van der Waals surface area contributed by atoms with E-state index in [1.165, 1.54) is 24.3 Å². The molecule has 0 aliphatic heterocycles. The highest BCUT2D eigenvalue weighted by Crippen LogP contribution is 2.19. The molecule has 3 aromatic carbocycles. The fraction of sp³-hybridized carbons (Fsp3) is 0.0500. The van der Waals surface area contributed by atoms with Crippen LogP contribution in [0.1, 0.15) is 15.9 Å². The SMILES string of the molecule is O=C(NCc1ccccc1)c1cccc(NS(=O)(=O)c2ccc(F)c(F)c2)c1. The fourth-order valence-electron chi connectivity index (χ4n) is 2.46. The molecule has 3 rings (SSSR count). The normalized spacial score (nSPS) is 11.1. The smallest absolute Gasteiger partial charge is 0.261 e. The number of anilines is 1. The minimum absolute atomic E-state index is 0.122. The summed E-state index contributed by atoms with van der Waals surface area (Å²) in [7, 11) is -4.14. The van der Waals surface area contributed by atoms with Crippen LogP contribution in [0.15, 0.2) is 77.7 Å². The van der Waals surface area contributed by atoms with Gasteiger partial charge in [-0.25, -0.2) is 17.2 Å². The summed E-state index contributed by atoms with van der Waals surface area (Å²) in [6, 6.07) is 17.5. The van der Waals surface area contributed by atoms with Gasteiger partial charge in [-0.3, -0.25) is 9.52 Å². The Kier molecular flexibility index (Phi) is 5.70. The van der Waals surface area contributed by atoms with Gasteiger partial charge in [-0.05, 0) is 42.0 Å². The van der Waals surface area contributed by atoms with Gasteiger partial charge >= 0.3 is 0 Å². The Labute approximate surface area is 161 Å². The van der Waals surface area contributed by atoms with E-state index < -0.39 is 26.6 Å². The Bertz CT molecular complexity index is 1100. The molecule has 0 fully saturated rings. The predicted octanol–water partition coefficient (Wildman–Crippen LogP) is 3.70. The Morgan fingerprint density at radius 1 is 0.857 bits per heavy atom. The van der Waals surface area contributed by atoms with Crippen molar-refractivity contribution in [1.82, 2.24) is 5.32 Å². The van der Waals surface area contributed by atoms with Crippen LogP contribution < -0.4 is 10.0 Å². The largest absolute Gasteiger partial charge is 0.348 e. The molecule has 0 atom stereocenters. The van der Waals surface area contributed by atoms with Crippen LogP contribution in [0.5, 0.6) is 0 Å². The number of halogens is 2. The maximum Gasteiger partial charge on any atom is 0.261 e. The van der Waals surface area contributed by atoms with Crippen molar-refractivity contribution in [2.45, 2.75) is 11.4 Å². The van der Waals surface area contributed by atoms with Crippen LogP contribution in [0.3, 0.4) is 0 Å². The van der Waals surface area contributed by atoms with Crippen LogP contribution in [0, 0.1) is 11.6 Å². The molecule has 0 heterocycles. The standard InChI is InChI=1S/C20H16F2N2O3S/c21-18-10-9-17(12-19(18)22)28(26,27)24-16-8-4-7-15(11-16)20(25)23-13-14-5-2-1-3-6-14/h1-12,24H,13H2,(H,23,25). The number of rotatable bonds is 6. The summed E-state index contributed by atoms with van der Waals surface area (Å²) in [4.78, 5) is 11.9. The summed E-state index contributed by atoms with van der Waals surface area (Å²) in [5.74, 6) is -2.79. The Hall–Kier alpha value is -3.26. The molecule has 5 nitrogen and oxygen atoms in total. The van der Waals surface area contributed by atoms with E-state index in [-0.39, 0.29) is 17.2 Å². The second-order valence-electron chi connectivity index (χ2n) is 5.93. The number of hydrogen-bond acceptors (Lipinski definition) is 3. The highest BCUT2D eigenvalue weighted by atomic mass is 32.2. The van der Waals surface area contributed by atoms with Crippen LogP contribution in [-0.4, -0.2) is 14.3 Å². The molecule has 144 valence electrons.